The normalized spacial score (nSPS) is 26.8. The number of aliphatic hydroxyl groups excluding tert-OH is 5. The van der Waals surface area contributed by atoms with E-state index in [1.54, 1.807) is 65.0 Å². The van der Waals surface area contributed by atoms with Gasteiger partial charge in [0.2, 0.25) is 17.3 Å². The van der Waals surface area contributed by atoms with Gasteiger partial charge >= 0.3 is 12.2 Å². The molecule has 2 aliphatic carbocycles. The number of aromatic hydroxyl groups is 2. The van der Waals surface area contributed by atoms with Crippen LogP contribution < -0.4 is 32.7 Å². The number of nitrogens with zero attached hydrogens (tertiary/aromatic N) is 2. The molecule has 8 rings (SSSR count). The minimum absolute atomic E-state index is 0.00808. The second-order valence-corrected chi connectivity index (χ2v) is 29.7. The fourth-order valence-corrected chi connectivity index (χ4v) is 14.1. The first-order valence-corrected chi connectivity index (χ1v) is 38.6. The van der Waals surface area contributed by atoms with Crippen LogP contribution in [0.15, 0.2) is 170 Å². The summed E-state index contributed by atoms with van der Waals surface area (Å²) in [5.41, 5.74) is 14.9. The topological polar surface area (TPSA) is 488 Å². The summed E-state index contributed by atoms with van der Waals surface area (Å²) in [4.78, 5) is 129. The number of methoxy groups -OCH3 is 2. The molecule has 3 aromatic rings. The molecule has 634 valence electrons. The van der Waals surface area contributed by atoms with E-state index in [4.69, 9.17) is 39.7 Å². The third-order valence-electron chi connectivity index (χ3n) is 20.4. The molecule has 2 aromatic carbocycles. The van der Waals surface area contributed by atoms with Crippen molar-refractivity contribution in [1.29, 1.82) is 0 Å². The zero-order valence-electron chi connectivity index (χ0n) is 68.2. The largest absolute Gasteiger partial charge is 0.508 e. The predicted octanol–water partition coefficient (Wildman–Crippen LogP) is 6.83. The van der Waals surface area contributed by atoms with Gasteiger partial charge in [0.1, 0.15) is 30.0 Å². The van der Waals surface area contributed by atoms with Gasteiger partial charge < -0.3 is 96.7 Å². The predicted molar refractivity (Wildman–Crippen MR) is 433 cm³/mol. The molecule has 0 unspecified atom stereocenters. The number of hydrogen-bond acceptors (Lipinski definition) is 26. The monoisotopic (exact) mass is 1620 g/mol. The van der Waals surface area contributed by atoms with Crippen LogP contribution in [0.25, 0.3) is 22.5 Å². The quantitative estimate of drug-likeness (QED) is 0.0352. The summed E-state index contributed by atoms with van der Waals surface area (Å²) in [6, 6.07) is 10.9. The van der Waals surface area contributed by atoms with Crippen LogP contribution >= 0.6 is 0 Å². The zero-order valence-corrected chi connectivity index (χ0v) is 68.2. The molecule has 1 aromatic heterocycles. The number of aliphatic hydroxyl groups is 5. The number of nitrogens with one attached hydrogen (secondary N) is 4. The molecule has 0 radical (unpaired) electrons. The number of phenolic OH excluding ortho intramolecular Hbond substituents is 2. The number of hydrogen-bond donors (Lipinski definition) is 13. The number of primary amides is 2. The summed E-state index contributed by atoms with van der Waals surface area (Å²) in [6.45, 7) is 24.2. The summed E-state index contributed by atoms with van der Waals surface area (Å²) < 4.78 is 32.8. The number of morpholine rings is 1. The standard InChI is InChI=1S/C31H43N3O8.C29H38N2O10.C26H31N3O5/c1-8-12-33-26-21-13-17(2)14-25(41-7)27(36)19(4)15-20(5)29(42-31(32)39)24(40-6)11-9-10-18(3)30(38)34-22(28(21)37)16-23(26)35;1-15-7-19(12-33)25(37)17(3)9-20(13-34)27(41-29(30)40)18(11-32)6-4-5-16(2)28(39)31-23-10-24(36)22(14-35)21(8-15)26(23)38;1-4-27-26(32)24-23(18-7-5-17(6-8-18)15-29-9-11-33-12-10-29)25(34-28-24)20-13-19(16(2)3)21(30)14-22(20)31/h8-11,15-17,19,24-25,27,29,33,36H,1,12-14H2,2-7H3,(H2,32,39)(H,34,38);4-6,9-10,13,15,17-19,25,27,32-33,35,37H,7-8,11-12,14H2,1-3H3,(H2,30,40)(H,31,39);5-8,13-14,16,30-31H,4,9-12,15H2,1-3H3,(H,27,32)/b11-9-,18-10+,20-15+;6-4-,16-5+,20-9+;/t17-,19+,24+,25+,27-,29+;15-,17-,18+,19+,25+,27+;/m10./s1. The van der Waals surface area contributed by atoms with Crippen LogP contribution in [0.4, 0.5) is 9.59 Å². The molecule has 0 saturated carbocycles. The second kappa shape index (κ2) is 45.6. The first kappa shape index (κ1) is 95.0. The first-order valence-electron chi connectivity index (χ1n) is 38.6. The Morgan fingerprint density at radius 3 is 1.89 bits per heavy atom. The lowest BCUT2D eigenvalue weighted by molar-refractivity contribution is -0.120. The van der Waals surface area contributed by atoms with E-state index in [2.05, 4.69) is 37.9 Å². The van der Waals surface area contributed by atoms with E-state index in [9.17, 15) is 83.7 Å². The Hall–Kier alpha value is -10.9. The maximum absolute atomic E-state index is 13.5. The molecule has 1 fully saturated rings. The lowest BCUT2D eigenvalue weighted by atomic mass is 9.80. The van der Waals surface area contributed by atoms with Crippen LogP contribution in [0.1, 0.15) is 122 Å². The molecular weight excluding hydrogens is 1510 g/mol. The van der Waals surface area contributed by atoms with Crippen LogP contribution in [0, 0.1) is 35.5 Å². The zero-order chi connectivity index (χ0) is 86.7. The highest BCUT2D eigenvalue weighted by atomic mass is 16.6. The maximum Gasteiger partial charge on any atom is 0.405 e. The fourth-order valence-electron chi connectivity index (χ4n) is 14.1. The van der Waals surface area contributed by atoms with E-state index in [0.717, 1.165) is 56.1 Å². The number of aldehydes is 1. The number of rotatable bonds is 18. The van der Waals surface area contributed by atoms with Crippen molar-refractivity contribution < 1.29 is 112 Å². The van der Waals surface area contributed by atoms with Gasteiger partial charge in [0.25, 0.3) is 17.7 Å². The number of nitrogens with two attached hydrogens (primary N) is 2. The number of ether oxygens (including phenoxy) is 5. The van der Waals surface area contributed by atoms with E-state index >= 15 is 0 Å². The number of amides is 5. The number of fused-ring (bicyclic) bond motifs is 4. The van der Waals surface area contributed by atoms with Gasteiger partial charge in [-0.2, -0.15) is 0 Å². The maximum atomic E-state index is 13.5. The number of Topliss-reactive ketones (excluding diaryl/α,β-unsaturated/α-hetero) is 2. The number of carbonyl (C=O) groups excluding carboxylic acids is 10. The van der Waals surface area contributed by atoms with Gasteiger partial charge in [-0.05, 0) is 99.5 Å². The SMILES string of the molecule is C/C1=C\C=C/[C@H](CO)[C@@H](OC(N)=O)/C(C=O)=C/[C@H](C)[C@@H](O)[C@@H](CO)C[C@H](C)CC2=C(CO)C(=O)C=C(NC1=O)C2=O.C=CCNC1=C2C[C@@H](C)C[C@H](OC)[C@H](O)[C@@H](C)/C=C(\C)[C@H](OC(N)=O)[C@@H](OC)/C=C\C=C(/C)C(=O)NC(=CC1=O)C2=O.CCNC(=O)c1noc(-c2cc(C(C)C)c(O)cc2O)c1-c1ccc(CN2CCOCC2)cc1. The molecule has 4 bridgehead atoms. The average molecular weight is 1630 g/mol. The van der Waals surface area contributed by atoms with Crippen molar-refractivity contribution in [1.82, 2.24) is 31.3 Å². The number of carbonyl (C=O) groups is 10. The smallest absolute Gasteiger partial charge is 0.405 e. The van der Waals surface area contributed by atoms with Crippen molar-refractivity contribution in [3.05, 3.63) is 183 Å². The molecule has 117 heavy (non-hydrogen) atoms. The fraction of sp³-hybridized carbons (Fsp3) is 0.453. The van der Waals surface area contributed by atoms with Crippen molar-refractivity contribution in [2.75, 3.05) is 73.4 Å². The Morgan fingerprint density at radius 1 is 0.752 bits per heavy atom. The molecule has 31 nitrogen and oxygen atoms in total. The Balaban J connectivity index is 0.000000274. The van der Waals surface area contributed by atoms with Crippen molar-refractivity contribution >= 4 is 59.3 Å². The van der Waals surface area contributed by atoms with Crippen LogP contribution in [-0.4, -0.2) is 215 Å². The van der Waals surface area contributed by atoms with Crippen LogP contribution in [0.5, 0.6) is 11.5 Å². The summed E-state index contributed by atoms with van der Waals surface area (Å²) in [5, 5.41) is 87.8. The van der Waals surface area contributed by atoms with Gasteiger partial charge in [0.15, 0.2) is 23.3 Å². The van der Waals surface area contributed by atoms with E-state index in [1.165, 1.54) is 57.6 Å². The van der Waals surface area contributed by atoms with E-state index in [0.29, 0.717) is 41.5 Å². The Morgan fingerprint density at radius 2 is 1.33 bits per heavy atom. The summed E-state index contributed by atoms with van der Waals surface area (Å²) in [7, 11) is 2.92. The number of benzene rings is 2. The lowest BCUT2D eigenvalue weighted by Gasteiger charge is -2.30. The van der Waals surface area contributed by atoms with Gasteiger partial charge in [0.05, 0.1) is 73.0 Å². The first-order chi connectivity index (χ1) is 55.6. The highest BCUT2D eigenvalue weighted by Gasteiger charge is 2.37. The highest BCUT2D eigenvalue weighted by Crippen LogP contribution is 2.44. The number of phenols is 2. The Kier molecular flexibility index (Phi) is 37.0. The molecular formula is C86H112N8O23. The van der Waals surface area contributed by atoms with Gasteiger partial charge in [-0.15, -0.1) is 6.58 Å². The summed E-state index contributed by atoms with van der Waals surface area (Å²) in [6.07, 6.45) is 8.67. The third kappa shape index (κ3) is 26.1. The lowest BCUT2D eigenvalue weighted by Crippen LogP contribution is -2.37. The number of ketones is 4. The minimum atomic E-state index is -1.33. The van der Waals surface area contributed by atoms with E-state index in [-0.39, 0.29) is 123 Å². The second-order valence-electron chi connectivity index (χ2n) is 29.7. The summed E-state index contributed by atoms with van der Waals surface area (Å²) in [5.74, 6) is -7.11. The number of aromatic nitrogens is 1. The molecule has 31 heteroatoms. The van der Waals surface area contributed by atoms with Gasteiger partial charge in [0, 0.05) is 129 Å². The molecule has 15 N–H and O–H groups in total. The van der Waals surface area contributed by atoms with Crippen molar-refractivity contribution in [3.63, 3.8) is 0 Å². The molecule has 5 amide bonds. The number of allylic oxidation sites excluding steroid dienone is 8. The summed E-state index contributed by atoms with van der Waals surface area (Å²) >= 11 is 0. The molecule has 12 atom stereocenters. The van der Waals surface area contributed by atoms with E-state index in [1.807, 2.05) is 52.0 Å². The molecule has 4 heterocycles. The van der Waals surface area contributed by atoms with Gasteiger partial charge in [-0.25, -0.2) is 9.59 Å². The average Bonchev–Trinajstić information content (AvgIpc) is 1.50. The highest BCUT2D eigenvalue weighted by molar-refractivity contribution is 6.25. The van der Waals surface area contributed by atoms with Gasteiger partial charge in [-0.3, -0.25) is 43.3 Å². The van der Waals surface area contributed by atoms with Crippen molar-refractivity contribution in [3.8, 4) is 33.9 Å². The van der Waals surface area contributed by atoms with Crippen molar-refractivity contribution in [2.24, 2.45) is 47.0 Å². The van der Waals surface area contributed by atoms with Crippen LogP contribution in [0.2, 0.25) is 0 Å². The Bertz CT molecular complexity index is 4430. The van der Waals surface area contributed by atoms with Gasteiger partial charge in [-0.1, -0.05) is 126 Å². The van der Waals surface area contributed by atoms with E-state index < -0.39 is 127 Å². The molecule has 5 aliphatic rings. The molecule has 1 saturated heterocycles. The third-order valence-corrected chi connectivity index (χ3v) is 20.4. The molecule has 0 spiro atoms. The van der Waals surface area contributed by atoms with Crippen molar-refractivity contribution in [2.45, 2.75) is 144 Å². The molecule has 3 aliphatic heterocycles. The Labute approximate surface area is 680 Å². The minimum Gasteiger partial charge on any atom is -0.508 e. The van der Waals surface area contributed by atoms with Crippen LogP contribution in [-0.2, 0) is 63.8 Å². The van der Waals surface area contributed by atoms with Crippen LogP contribution in [0.3, 0.4) is 0 Å².